The van der Waals surface area contributed by atoms with Gasteiger partial charge in [0.25, 0.3) is 5.91 Å². The molecule has 0 aliphatic carbocycles. The Balaban J connectivity index is 1.76. The van der Waals surface area contributed by atoms with E-state index in [4.69, 9.17) is 20.8 Å². The van der Waals surface area contributed by atoms with Gasteiger partial charge in [-0.15, -0.1) is 0 Å². The van der Waals surface area contributed by atoms with Crippen molar-refractivity contribution < 1.29 is 13.9 Å². The Morgan fingerprint density at radius 3 is 2.50 bits per heavy atom. The van der Waals surface area contributed by atoms with E-state index in [9.17, 15) is 9.59 Å². The summed E-state index contributed by atoms with van der Waals surface area (Å²) in [4.78, 5) is 28.7. The first kappa shape index (κ1) is 20.3. The Hall–Kier alpha value is -3.57. The fraction of sp³-hybridized carbons (Fsp3) is 0.154. The summed E-state index contributed by atoms with van der Waals surface area (Å²) in [6, 6.07) is 19.2. The third-order valence-electron chi connectivity index (χ3n) is 5.72. The van der Waals surface area contributed by atoms with E-state index in [-0.39, 0.29) is 17.1 Å². The second-order valence-corrected chi connectivity index (χ2v) is 8.09. The van der Waals surface area contributed by atoms with E-state index in [1.54, 1.807) is 35.2 Å². The molecule has 1 aliphatic heterocycles. The zero-order valence-electron chi connectivity index (χ0n) is 17.6. The molecule has 0 spiro atoms. The third-order valence-corrected chi connectivity index (χ3v) is 6.13. The molecule has 4 aromatic rings. The number of nitrogens with zero attached hydrogens (tertiary/aromatic N) is 1. The summed E-state index contributed by atoms with van der Waals surface area (Å²) in [7, 11) is 0. The van der Waals surface area contributed by atoms with Crippen LogP contribution in [0.4, 0.5) is 5.69 Å². The van der Waals surface area contributed by atoms with Crippen LogP contribution in [0, 0.1) is 6.92 Å². The lowest BCUT2D eigenvalue weighted by molar-refractivity contribution is 0.0971. The topological polar surface area (TPSA) is 59.8 Å². The van der Waals surface area contributed by atoms with Crippen LogP contribution >= 0.6 is 11.6 Å². The number of rotatable bonds is 4. The molecule has 0 N–H and O–H groups in total. The van der Waals surface area contributed by atoms with Gasteiger partial charge in [0.1, 0.15) is 11.3 Å². The molecule has 0 saturated carbocycles. The van der Waals surface area contributed by atoms with Crippen molar-refractivity contribution in [2.75, 3.05) is 11.5 Å². The third kappa shape index (κ3) is 3.17. The lowest BCUT2D eigenvalue weighted by atomic mass is 9.98. The Bertz CT molecular complexity index is 1410. The van der Waals surface area contributed by atoms with Crippen molar-refractivity contribution in [3.63, 3.8) is 0 Å². The summed E-state index contributed by atoms with van der Waals surface area (Å²) in [6.07, 6.45) is 0. The van der Waals surface area contributed by atoms with Crippen molar-refractivity contribution in [1.82, 2.24) is 0 Å². The Labute approximate surface area is 189 Å². The van der Waals surface area contributed by atoms with Gasteiger partial charge in [-0.3, -0.25) is 14.5 Å². The summed E-state index contributed by atoms with van der Waals surface area (Å²) in [5.74, 6) is 0.405. The molecule has 0 fully saturated rings. The number of carbonyl (C=O) groups excluding carboxylic acids is 1. The van der Waals surface area contributed by atoms with Gasteiger partial charge >= 0.3 is 0 Å². The first-order valence-corrected chi connectivity index (χ1v) is 10.8. The van der Waals surface area contributed by atoms with Gasteiger partial charge in [0, 0.05) is 10.7 Å². The highest BCUT2D eigenvalue weighted by molar-refractivity contribution is 6.31. The fourth-order valence-electron chi connectivity index (χ4n) is 4.15. The number of para-hydroxylation sites is 1. The molecule has 2 heterocycles. The largest absolute Gasteiger partial charge is 0.494 e. The van der Waals surface area contributed by atoms with Crippen LogP contribution in [0.25, 0.3) is 11.0 Å². The molecule has 0 saturated heterocycles. The number of halogens is 1. The summed E-state index contributed by atoms with van der Waals surface area (Å²) in [5.41, 5.74) is 2.78. The molecular formula is C26H20ClNO4. The smallest absolute Gasteiger partial charge is 0.295 e. The van der Waals surface area contributed by atoms with E-state index in [1.807, 2.05) is 50.2 Å². The van der Waals surface area contributed by atoms with Crippen LogP contribution in [0.5, 0.6) is 5.75 Å². The molecule has 32 heavy (non-hydrogen) atoms. The number of ether oxygens (including phenoxy) is 1. The highest BCUT2D eigenvalue weighted by Crippen LogP contribution is 2.42. The number of fused-ring (bicyclic) bond motifs is 2. The van der Waals surface area contributed by atoms with Crippen molar-refractivity contribution in [2.45, 2.75) is 19.9 Å². The number of aryl methyl sites for hydroxylation is 1. The summed E-state index contributed by atoms with van der Waals surface area (Å²) in [5, 5.41) is 0.986. The van der Waals surface area contributed by atoms with Crippen LogP contribution in [-0.2, 0) is 0 Å². The monoisotopic (exact) mass is 445 g/mol. The minimum Gasteiger partial charge on any atom is -0.494 e. The van der Waals surface area contributed by atoms with Crippen LogP contribution in [0.15, 0.2) is 75.9 Å². The first-order valence-electron chi connectivity index (χ1n) is 10.4. The quantitative estimate of drug-likeness (QED) is 0.392. The van der Waals surface area contributed by atoms with Gasteiger partial charge in [0.05, 0.1) is 23.6 Å². The van der Waals surface area contributed by atoms with Gasteiger partial charge in [-0.1, -0.05) is 41.9 Å². The van der Waals surface area contributed by atoms with E-state index < -0.39 is 6.04 Å². The van der Waals surface area contributed by atoms with Crippen LogP contribution < -0.4 is 15.1 Å². The van der Waals surface area contributed by atoms with E-state index in [0.29, 0.717) is 33.8 Å². The average Bonchev–Trinajstić information content (AvgIpc) is 3.09. The van der Waals surface area contributed by atoms with Gasteiger partial charge < -0.3 is 9.15 Å². The molecule has 1 aliphatic rings. The maximum Gasteiger partial charge on any atom is 0.295 e. The highest BCUT2D eigenvalue weighted by Gasteiger charge is 2.43. The zero-order valence-corrected chi connectivity index (χ0v) is 18.3. The van der Waals surface area contributed by atoms with E-state index in [0.717, 1.165) is 16.9 Å². The van der Waals surface area contributed by atoms with E-state index in [2.05, 4.69) is 0 Å². The van der Waals surface area contributed by atoms with Gasteiger partial charge in [-0.05, 0) is 61.4 Å². The van der Waals surface area contributed by atoms with Crippen LogP contribution in [0.2, 0.25) is 5.02 Å². The van der Waals surface area contributed by atoms with Crippen molar-refractivity contribution in [2.24, 2.45) is 0 Å². The number of hydrogen-bond acceptors (Lipinski definition) is 4. The second kappa shape index (κ2) is 7.84. The number of anilines is 1. The predicted molar refractivity (Wildman–Crippen MR) is 125 cm³/mol. The molecule has 1 atom stereocenters. The second-order valence-electron chi connectivity index (χ2n) is 7.68. The molecule has 5 rings (SSSR count). The molecule has 0 bridgehead atoms. The normalized spacial score (nSPS) is 15.3. The molecule has 0 radical (unpaired) electrons. The predicted octanol–water partition coefficient (Wildman–Crippen LogP) is 5.90. The van der Waals surface area contributed by atoms with Crippen molar-refractivity contribution in [3.8, 4) is 5.75 Å². The number of hydrogen-bond donors (Lipinski definition) is 0. The summed E-state index contributed by atoms with van der Waals surface area (Å²) in [6.45, 7) is 4.36. The zero-order chi connectivity index (χ0) is 22.4. The molecule has 1 unspecified atom stereocenters. The molecule has 1 aromatic heterocycles. The maximum atomic E-state index is 13.6. The van der Waals surface area contributed by atoms with Gasteiger partial charge in [0.2, 0.25) is 5.76 Å². The minimum absolute atomic E-state index is 0.0595. The van der Waals surface area contributed by atoms with E-state index in [1.165, 1.54) is 0 Å². The van der Waals surface area contributed by atoms with E-state index >= 15 is 0 Å². The van der Waals surface area contributed by atoms with Crippen LogP contribution in [-0.4, -0.2) is 12.5 Å². The summed E-state index contributed by atoms with van der Waals surface area (Å²) < 4.78 is 11.5. The lowest BCUT2D eigenvalue weighted by Crippen LogP contribution is -2.29. The lowest BCUT2D eigenvalue weighted by Gasteiger charge is -2.25. The minimum atomic E-state index is -0.646. The average molecular weight is 446 g/mol. The maximum absolute atomic E-state index is 13.6. The molecule has 3 aromatic carbocycles. The standard InChI is InChI=1S/C26H20ClNO4/c1-3-31-18-12-9-16(10-13-18)23-22-24(29)19-6-4-5-7-21(19)32-25(22)26(30)28(23)17-11-8-15(2)20(27)14-17/h4-14,23H,3H2,1-2H3. The molecular weight excluding hydrogens is 426 g/mol. The van der Waals surface area contributed by atoms with Gasteiger partial charge in [-0.2, -0.15) is 0 Å². The van der Waals surface area contributed by atoms with Crippen LogP contribution in [0.3, 0.4) is 0 Å². The fourth-order valence-corrected chi connectivity index (χ4v) is 4.32. The van der Waals surface area contributed by atoms with Gasteiger partial charge in [-0.25, -0.2) is 0 Å². The van der Waals surface area contributed by atoms with Gasteiger partial charge in [0.15, 0.2) is 5.43 Å². The Kier molecular flexibility index (Phi) is 4.98. The Morgan fingerprint density at radius 1 is 1.03 bits per heavy atom. The molecule has 1 amide bonds. The number of benzene rings is 3. The number of amides is 1. The Morgan fingerprint density at radius 2 is 1.78 bits per heavy atom. The molecule has 5 nitrogen and oxygen atoms in total. The van der Waals surface area contributed by atoms with Crippen molar-refractivity contribution >= 4 is 34.2 Å². The first-order chi connectivity index (χ1) is 15.5. The van der Waals surface area contributed by atoms with Crippen molar-refractivity contribution in [3.05, 3.63) is 104 Å². The SMILES string of the molecule is CCOc1ccc(C2c3c(oc4ccccc4c3=O)C(=O)N2c2ccc(C)c(Cl)c2)cc1. The molecule has 6 heteroatoms. The van der Waals surface area contributed by atoms with Crippen LogP contribution in [0.1, 0.15) is 40.2 Å². The highest BCUT2D eigenvalue weighted by atomic mass is 35.5. The number of carbonyl (C=O) groups is 1. The molecule has 160 valence electrons. The summed E-state index contributed by atoms with van der Waals surface area (Å²) >= 11 is 6.38. The van der Waals surface area contributed by atoms with Crippen molar-refractivity contribution in [1.29, 1.82) is 0 Å².